The zero-order valence-corrected chi connectivity index (χ0v) is 12.0. The maximum atomic E-state index is 12.2. The van der Waals surface area contributed by atoms with Crippen molar-refractivity contribution < 1.29 is 8.42 Å². The minimum Gasteiger partial charge on any atom is -0.207 e. The molecule has 0 heterocycles. The van der Waals surface area contributed by atoms with Crippen molar-refractivity contribution in [3.05, 3.63) is 28.2 Å². The number of nitrogens with zero attached hydrogens (tertiary/aromatic N) is 2. The fraction of sp³-hybridized carbons (Fsp3) is 0.364. The number of nitriles is 1. The lowest BCUT2D eigenvalue weighted by atomic mass is 10.2. The molecule has 0 amide bonds. The van der Waals surface area contributed by atoms with Crippen molar-refractivity contribution in [3.8, 4) is 6.07 Å². The van der Waals surface area contributed by atoms with Gasteiger partial charge in [-0.15, -0.1) is 0 Å². The molecule has 0 N–H and O–H groups in total. The highest BCUT2D eigenvalue weighted by atomic mass is 79.9. The molecule has 0 bridgehead atoms. The molecule has 6 heteroatoms. The van der Waals surface area contributed by atoms with Gasteiger partial charge in [0.15, 0.2) is 0 Å². The molecule has 0 fully saturated rings. The smallest absolute Gasteiger partial charge is 0.207 e. The summed E-state index contributed by atoms with van der Waals surface area (Å²) < 4.78 is 26.1. The average molecular weight is 317 g/mol. The van der Waals surface area contributed by atoms with E-state index in [2.05, 4.69) is 15.9 Å². The maximum absolute atomic E-state index is 12.2. The van der Waals surface area contributed by atoms with Crippen molar-refractivity contribution in [1.29, 1.82) is 5.26 Å². The van der Waals surface area contributed by atoms with E-state index in [0.717, 1.165) is 9.87 Å². The molecule has 0 aliphatic rings. The van der Waals surface area contributed by atoms with Crippen LogP contribution in [0.4, 0.5) is 0 Å². The van der Waals surface area contributed by atoms with Crippen LogP contribution >= 0.6 is 15.9 Å². The highest BCUT2D eigenvalue weighted by Crippen LogP contribution is 2.25. The first kappa shape index (κ1) is 14.2. The normalized spacial score (nSPS) is 11.5. The molecule has 1 aromatic carbocycles. The minimum atomic E-state index is -3.60. The van der Waals surface area contributed by atoms with Crippen LogP contribution < -0.4 is 0 Å². The minimum absolute atomic E-state index is 0.140. The van der Waals surface area contributed by atoms with E-state index < -0.39 is 10.0 Å². The summed E-state index contributed by atoms with van der Waals surface area (Å²) in [6, 6.07) is 6.88. The van der Waals surface area contributed by atoms with Gasteiger partial charge in [0.05, 0.1) is 11.0 Å². The van der Waals surface area contributed by atoms with Crippen LogP contribution in [0.5, 0.6) is 0 Å². The lowest BCUT2D eigenvalue weighted by molar-refractivity contribution is 0.462. The van der Waals surface area contributed by atoms with E-state index in [-0.39, 0.29) is 18.0 Å². The second-order valence-electron chi connectivity index (χ2n) is 3.52. The van der Waals surface area contributed by atoms with Crippen LogP contribution in [0.2, 0.25) is 0 Å². The predicted molar refractivity (Wildman–Crippen MR) is 68.9 cm³/mol. The first-order chi connectivity index (χ1) is 7.93. The molecule has 0 aromatic heterocycles. The molecule has 0 atom stereocenters. The van der Waals surface area contributed by atoms with Gasteiger partial charge >= 0.3 is 0 Å². The van der Waals surface area contributed by atoms with Crippen molar-refractivity contribution in [3.63, 3.8) is 0 Å². The first-order valence-corrected chi connectivity index (χ1v) is 7.30. The summed E-state index contributed by atoms with van der Waals surface area (Å²) >= 11 is 3.24. The second kappa shape index (κ2) is 5.63. The Morgan fingerprint density at radius 1 is 1.47 bits per heavy atom. The van der Waals surface area contributed by atoms with Gasteiger partial charge < -0.3 is 0 Å². The van der Waals surface area contributed by atoms with Crippen LogP contribution in [0.15, 0.2) is 27.6 Å². The number of sulfonamides is 1. The molecule has 17 heavy (non-hydrogen) atoms. The standard InChI is InChI=1S/C11H13BrN2O2S/c1-3-14(7-6-13)17(15,16)11-5-4-9(2)8-10(11)12/h4-5,8H,3,7H2,1-2H3. The summed E-state index contributed by atoms with van der Waals surface area (Å²) in [7, 11) is -3.60. The number of halogens is 1. The molecule has 0 saturated carbocycles. The van der Waals surface area contributed by atoms with E-state index >= 15 is 0 Å². The summed E-state index contributed by atoms with van der Waals surface area (Å²) in [5.41, 5.74) is 0.971. The van der Waals surface area contributed by atoms with Gasteiger partial charge in [-0.1, -0.05) is 13.0 Å². The van der Waals surface area contributed by atoms with Gasteiger partial charge in [0, 0.05) is 11.0 Å². The van der Waals surface area contributed by atoms with Crippen LogP contribution in [-0.2, 0) is 10.0 Å². The molecular weight excluding hydrogens is 304 g/mol. The molecular formula is C11H13BrN2O2S. The summed E-state index contributed by atoms with van der Waals surface area (Å²) in [6.07, 6.45) is 0. The Kier molecular flexibility index (Phi) is 4.69. The molecule has 0 unspecified atom stereocenters. The van der Waals surface area contributed by atoms with Crippen LogP contribution in [0.3, 0.4) is 0 Å². The number of rotatable bonds is 4. The molecule has 0 saturated heterocycles. The highest BCUT2D eigenvalue weighted by Gasteiger charge is 2.24. The molecule has 4 nitrogen and oxygen atoms in total. The van der Waals surface area contributed by atoms with Crippen molar-refractivity contribution in [2.45, 2.75) is 18.7 Å². The summed E-state index contributed by atoms with van der Waals surface area (Å²) in [5, 5.41) is 8.62. The first-order valence-electron chi connectivity index (χ1n) is 5.06. The SMILES string of the molecule is CCN(CC#N)S(=O)(=O)c1ccc(C)cc1Br. The molecule has 0 radical (unpaired) electrons. The molecule has 92 valence electrons. The van der Waals surface area contributed by atoms with Gasteiger partial charge in [0.2, 0.25) is 10.0 Å². The monoisotopic (exact) mass is 316 g/mol. The lowest BCUT2D eigenvalue weighted by Gasteiger charge is -2.18. The quantitative estimate of drug-likeness (QED) is 0.801. The van der Waals surface area contributed by atoms with Gasteiger partial charge in [-0.2, -0.15) is 9.57 Å². The Labute approximate surface area is 110 Å². The summed E-state index contributed by atoms with van der Waals surface area (Å²) in [4.78, 5) is 0.195. The van der Waals surface area contributed by atoms with Crippen LogP contribution in [-0.4, -0.2) is 25.8 Å². The van der Waals surface area contributed by atoms with Gasteiger partial charge in [0.25, 0.3) is 0 Å². The molecule has 0 aliphatic heterocycles. The topological polar surface area (TPSA) is 61.2 Å². The van der Waals surface area contributed by atoms with E-state index in [9.17, 15) is 8.42 Å². The Hall–Kier alpha value is -0.900. The Morgan fingerprint density at radius 2 is 2.12 bits per heavy atom. The third-order valence-corrected chi connectivity index (χ3v) is 5.20. The Balaban J connectivity index is 3.26. The fourth-order valence-electron chi connectivity index (χ4n) is 1.40. The molecule has 0 spiro atoms. The van der Waals surface area contributed by atoms with Gasteiger partial charge in [-0.25, -0.2) is 8.42 Å². The van der Waals surface area contributed by atoms with Gasteiger partial charge in [-0.05, 0) is 40.5 Å². The van der Waals surface area contributed by atoms with Crippen molar-refractivity contribution in [2.75, 3.05) is 13.1 Å². The zero-order chi connectivity index (χ0) is 13.1. The highest BCUT2D eigenvalue weighted by molar-refractivity contribution is 9.10. The lowest BCUT2D eigenvalue weighted by Crippen LogP contribution is -2.31. The third-order valence-electron chi connectivity index (χ3n) is 2.30. The van der Waals surface area contributed by atoms with E-state index in [0.29, 0.717) is 4.47 Å². The Bertz CT molecular complexity index is 549. The van der Waals surface area contributed by atoms with Crippen LogP contribution in [0.25, 0.3) is 0 Å². The van der Waals surface area contributed by atoms with E-state index in [1.807, 2.05) is 13.0 Å². The van der Waals surface area contributed by atoms with Crippen molar-refractivity contribution in [2.24, 2.45) is 0 Å². The van der Waals surface area contributed by atoms with Gasteiger partial charge in [0.1, 0.15) is 6.54 Å². The second-order valence-corrected chi connectivity index (χ2v) is 6.28. The van der Waals surface area contributed by atoms with Crippen LogP contribution in [0.1, 0.15) is 12.5 Å². The maximum Gasteiger partial charge on any atom is 0.245 e. The number of benzene rings is 1. The largest absolute Gasteiger partial charge is 0.245 e. The number of aryl methyl sites for hydroxylation is 1. The third kappa shape index (κ3) is 3.06. The molecule has 1 rings (SSSR count). The van der Waals surface area contributed by atoms with Crippen molar-refractivity contribution in [1.82, 2.24) is 4.31 Å². The zero-order valence-electron chi connectivity index (χ0n) is 9.64. The molecule has 1 aromatic rings. The summed E-state index contributed by atoms with van der Waals surface area (Å²) in [6.45, 7) is 3.72. The molecule has 0 aliphatic carbocycles. The number of hydrogen-bond donors (Lipinski definition) is 0. The fourth-order valence-corrected chi connectivity index (χ4v) is 3.90. The van der Waals surface area contributed by atoms with E-state index in [1.54, 1.807) is 25.1 Å². The van der Waals surface area contributed by atoms with Crippen LogP contribution in [0, 0.1) is 18.3 Å². The Morgan fingerprint density at radius 3 is 2.59 bits per heavy atom. The number of hydrogen-bond acceptors (Lipinski definition) is 3. The predicted octanol–water partition coefficient (Wildman–Crippen LogP) is 2.29. The van der Waals surface area contributed by atoms with Gasteiger partial charge in [-0.3, -0.25) is 0 Å². The van der Waals surface area contributed by atoms with E-state index in [1.165, 1.54) is 0 Å². The van der Waals surface area contributed by atoms with E-state index in [4.69, 9.17) is 5.26 Å². The average Bonchev–Trinajstić information content (AvgIpc) is 2.24. The summed E-state index contributed by atoms with van der Waals surface area (Å²) in [5.74, 6) is 0. The van der Waals surface area contributed by atoms with Crippen molar-refractivity contribution >= 4 is 26.0 Å².